The van der Waals surface area contributed by atoms with Crippen molar-refractivity contribution in [2.75, 3.05) is 4.90 Å². The van der Waals surface area contributed by atoms with Gasteiger partial charge in [-0.05, 0) is 79.2 Å². The summed E-state index contributed by atoms with van der Waals surface area (Å²) in [5.41, 5.74) is 2.39. The molecule has 0 aliphatic carbocycles. The number of aryl methyl sites for hydroxylation is 1. The van der Waals surface area contributed by atoms with Crippen LogP contribution in [0, 0.1) is 6.92 Å². The van der Waals surface area contributed by atoms with E-state index in [4.69, 9.17) is 11.6 Å². The van der Waals surface area contributed by atoms with Crippen molar-refractivity contribution in [3.8, 4) is 11.5 Å². The number of amidine groups is 1. The third kappa shape index (κ3) is 4.64. The molecule has 0 aromatic heterocycles. The molecule has 4 rings (SSSR count). The number of halogens is 1. The molecule has 1 aliphatic rings. The Hall–Kier alpha value is -3.29. The van der Waals surface area contributed by atoms with Crippen LogP contribution in [0.3, 0.4) is 0 Å². The number of anilines is 1. The van der Waals surface area contributed by atoms with Crippen molar-refractivity contribution in [3.63, 3.8) is 0 Å². The number of rotatable bonds is 5. The zero-order valence-corrected chi connectivity index (χ0v) is 18.6. The second-order valence-corrected chi connectivity index (χ2v) is 8.88. The Kier molecular flexibility index (Phi) is 6.21. The van der Waals surface area contributed by atoms with Crippen LogP contribution in [0.2, 0.25) is 5.02 Å². The molecule has 6 nitrogen and oxygen atoms in total. The molecule has 1 heterocycles. The summed E-state index contributed by atoms with van der Waals surface area (Å²) in [4.78, 5) is 32.2. The first-order valence-electron chi connectivity index (χ1n) is 9.78. The topological polar surface area (TPSA) is 90.2 Å². The maximum absolute atomic E-state index is 13.3. The maximum Gasteiger partial charge on any atom is 0.247 e. The van der Waals surface area contributed by atoms with Gasteiger partial charge in [-0.2, -0.15) is 0 Å². The van der Waals surface area contributed by atoms with Crippen LogP contribution < -0.4 is 4.90 Å². The number of aromatic hydroxyl groups is 2. The van der Waals surface area contributed by atoms with Gasteiger partial charge in [-0.1, -0.05) is 23.4 Å². The van der Waals surface area contributed by atoms with E-state index in [-0.39, 0.29) is 29.6 Å². The van der Waals surface area contributed by atoms with E-state index in [1.807, 2.05) is 6.92 Å². The summed E-state index contributed by atoms with van der Waals surface area (Å²) in [7, 11) is 0. The third-order valence-corrected chi connectivity index (χ3v) is 6.53. The highest BCUT2D eigenvalue weighted by Crippen LogP contribution is 2.36. The molecule has 2 N–H and O–H groups in total. The largest absolute Gasteiger partial charge is 0.508 e. The number of Topliss-reactive ketones (excluding diaryl/α,β-unsaturated/α-hetero) is 1. The van der Waals surface area contributed by atoms with Crippen molar-refractivity contribution in [2.45, 2.75) is 18.6 Å². The molecule has 1 fully saturated rings. The van der Waals surface area contributed by atoms with Crippen molar-refractivity contribution >= 4 is 51.6 Å². The number of ketones is 1. The fourth-order valence-electron chi connectivity index (χ4n) is 3.26. The van der Waals surface area contributed by atoms with E-state index < -0.39 is 5.25 Å². The number of carbonyl (C=O) groups is 2. The molecule has 0 spiro atoms. The monoisotopic (exact) mass is 466 g/mol. The molecule has 3 aromatic rings. The first-order chi connectivity index (χ1) is 15.3. The molecule has 8 heteroatoms. The molecule has 1 unspecified atom stereocenters. The highest BCUT2D eigenvalue weighted by Gasteiger charge is 2.40. The van der Waals surface area contributed by atoms with Crippen LogP contribution in [0.15, 0.2) is 71.7 Å². The number of carbonyl (C=O) groups excluding carboxylic acids is 2. The quantitative estimate of drug-likeness (QED) is 0.486. The Morgan fingerprint density at radius 1 is 1.03 bits per heavy atom. The Balaban J connectivity index is 1.65. The number of nitrogens with zero attached hydrogens (tertiary/aromatic N) is 2. The van der Waals surface area contributed by atoms with Gasteiger partial charge in [-0.3, -0.25) is 14.5 Å². The molecule has 1 amide bonds. The number of benzene rings is 3. The van der Waals surface area contributed by atoms with Gasteiger partial charge in [0, 0.05) is 17.0 Å². The lowest BCUT2D eigenvalue weighted by atomic mass is 10.0. The molecule has 0 radical (unpaired) electrons. The fourth-order valence-corrected chi connectivity index (χ4v) is 4.53. The lowest BCUT2D eigenvalue weighted by Crippen LogP contribution is -2.32. The summed E-state index contributed by atoms with van der Waals surface area (Å²) in [6, 6.07) is 17.6. The second-order valence-electron chi connectivity index (χ2n) is 7.30. The molecule has 0 bridgehead atoms. The normalized spacial score (nSPS) is 17.2. The van der Waals surface area contributed by atoms with Crippen molar-refractivity contribution < 1.29 is 19.8 Å². The molecule has 0 saturated carbocycles. The van der Waals surface area contributed by atoms with Crippen LogP contribution in [0.25, 0.3) is 0 Å². The van der Waals surface area contributed by atoms with E-state index in [0.717, 1.165) is 5.56 Å². The van der Waals surface area contributed by atoms with Gasteiger partial charge in [0.1, 0.15) is 11.5 Å². The molecular weight excluding hydrogens is 448 g/mol. The third-order valence-electron chi connectivity index (χ3n) is 4.97. The molecule has 32 heavy (non-hydrogen) atoms. The number of phenolic OH excluding ortho intramolecular Hbond substituents is 2. The van der Waals surface area contributed by atoms with Crippen LogP contribution in [0.1, 0.15) is 22.3 Å². The molecule has 1 atom stereocenters. The maximum atomic E-state index is 13.3. The van der Waals surface area contributed by atoms with E-state index in [9.17, 15) is 19.8 Å². The number of hydrogen-bond donors (Lipinski definition) is 2. The summed E-state index contributed by atoms with van der Waals surface area (Å²) in [5, 5.41) is 19.5. The van der Waals surface area contributed by atoms with Gasteiger partial charge in [0.25, 0.3) is 0 Å². The minimum absolute atomic E-state index is 0.00769. The van der Waals surface area contributed by atoms with Gasteiger partial charge in [0.15, 0.2) is 11.0 Å². The Labute approximate surface area is 194 Å². The van der Waals surface area contributed by atoms with Crippen LogP contribution >= 0.6 is 23.4 Å². The van der Waals surface area contributed by atoms with E-state index in [0.29, 0.717) is 27.1 Å². The van der Waals surface area contributed by atoms with Gasteiger partial charge in [0.05, 0.1) is 16.6 Å². The SMILES string of the molecule is Cc1cc(C(=O)CC2SC(=Nc3ccc(O)cc3)N(c3ccc(O)cc3)C2=O)ccc1Cl. The van der Waals surface area contributed by atoms with E-state index in [1.165, 1.54) is 40.9 Å². The standard InChI is InChI=1S/C24H19ClN2O4S/c1-14-12-15(2-11-20(14)25)21(30)13-22-23(31)27(17-5-9-19(29)10-6-17)24(32-22)26-16-3-7-18(28)8-4-16/h2-12,22,28-29H,13H2,1H3. The van der Waals surface area contributed by atoms with Gasteiger partial charge in [-0.15, -0.1) is 0 Å². The minimum Gasteiger partial charge on any atom is -0.508 e. The molecular formula is C24H19ClN2O4S. The number of amides is 1. The van der Waals surface area contributed by atoms with Crippen molar-refractivity contribution in [3.05, 3.63) is 82.9 Å². The van der Waals surface area contributed by atoms with Crippen molar-refractivity contribution in [2.24, 2.45) is 4.99 Å². The zero-order chi connectivity index (χ0) is 22.8. The summed E-state index contributed by atoms with van der Waals surface area (Å²) in [5.74, 6) is -0.236. The predicted molar refractivity (Wildman–Crippen MR) is 127 cm³/mol. The van der Waals surface area contributed by atoms with Crippen LogP contribution in [0.4, 0.5) is 11.4 Å². The van der Waals surface area contributed by atoms with E-state index >= 15 is 0 Å². The van der Waals surface area contributed by atoms with Crippen molar-refractivity contribution in [1.29, 1.82) is 0 Å². The summed E-state index contributed by atoms with van der Waals surface area (Å²) in [6.45, 7) is 1.82. The smallest absolute Gasteiger partial charge is 0.247 e. The summed E-state index contributed by atoms with van der Waals surface area (Å²) in [6.07, 6.45) is 0.00769. The number of thioether (sulfide) groups is 1. The first kappa shape index (κ1) is 21.9. The molecule has 162 valence electrons. The van der Waals surface area contributed by atoms with Crippen LogP contribution in [0.5, 0.6) is 11.5 Å². The zero-order valence-electron chi connectivity index (χ0n) is 17.0. The highest BCUT2D eigenvalue weighted by atomic mass is 35.5. The Bertz CT molecular complexity index is 1210. The predicted octanol–water partition coefficient (Wildman–Crippen LogP) is 5.47. The minimum atomic E-state index is -0.650. The Morgan fingerprint density at radius 2 is 1.66 bits per heavy atom. The van der Waals surface area contributed by atoms with Gasteiger partial charge < -0.3 is 10.2 Å². The fraction of sp³-hybridized carbons (Fsp3) is 0.125. The van der Waals surface area contributed by atoms with Crippen LogP contribution in [-0.2, 0) is 4.79 Å². The van der Waals surface area contributed by atoms with E-state index in [1.54, 1.807) is 42.5 Å². The van der Waals surface area contributed by atoms with Crippen LogP contribution in [-0.4, -0.2) is 32.3 Å². The van der Waals surface area contributed by atoms with E-state index in [2.05, 4.69) is 4.99 Å². The lowest BCUT2D eigenvalue weighted by molar-refractivity contribution is -0.116. The summed E-state index contributed by atoms with van der Waals surface area (Å²) >= 11 is 7.27. The summed E-state index contributed by atoms with van der Waals surface area (Å²) < 4.78 is 0. The van der Waals surface area contributed by atoms with Gasteiger partial charge >= 0.3 is 0 Å². The first-order valence-corrected chi connectivity index (χ1v) is 11.0. The molecule has 1 saturated heterocycles. The second kappa shape index (κ2) is 9.06. The number of phenols is 2. The van der Waals surface area contributed by atoms with Gasteiger partial charge in [-0.25, -0.2) is 4.99 Å². The molecule has 3 aromatic carbocycles. The number of hydrogen-bond acceptors (Lipinski definition) is 6. The highest BCUT2D eigenvalue weighted by molar-refractivity contribution is 8.16. The lowest BCUT2D eigenvalue weighted by Gasteiger charge is -2.16. The number of aliphatic imine (C=N–C) groups is 1. The van der Waals surface area contributed by atoms with Crippen molar-refractivity contribution in [1.82, 2.24) is 0 Å². The van der Waals surface area contributed by atoms with Gasteiger partial charge in [0.2, 0.25) is 5.91 Å². The Morgan fingerprint density at radius 3 is 2.28 bits per heavy atom. The average Bonchev–Trinajstić information content (AvgIpc) is 3.07. The molecule has 1 aliphatic heterocycles. The average molecular weight is 467 g/mol.